The van der Waals surface area contributed by atoms with Crippen molar-refractivity contribution in [2.75, 3.05) is 38.2 Å². The summed E-state index contributed by atoms with van der Waals surface area (Å²) in [5, 5.41) is 0.688. The van der Waals surface area contributed by atoms with E-state index in [9.17, 15) is 9.18 Å². The number of hydrogen-bond donors (Lipinski definition) is 0. The van der Waals surface area contributed by atoms with Gasteiger partial charge in [-0.05, 0) is 47.9 Å². The van der Waals surface area contributed by atoms with E-state index in [0.29, 0.717) is 55.7 Å². The van der Waals surface area contributed by atoms with Gasteiger partial charge in [0, 0.05) is 62.3 Å². The number of ether oxygens (including phenoxy) is 1. The number of methoxy groups -OCH3 is 1. The fourth-order valence-corrected chi connectivity index (χ4v) is 4.68. The van der Waals surface area contributed by atoms with E-state index in [2.05, 4.69) is 18.7 Å². The number of aromatic nitrogens is 2. The summed E-state index contributed by atoms with van der Waals surface area (Å²) < 4.78 is 18.8. The predicted molar refractivity (Wildman–Crippen MR) is 140 cm³/mol. The first kappa shape index (κ1) is 26.0. The van der Waals surface area contributed by atoms with Crippen LogP contribution in [0.2, 0.25) is 5.02 Å². The van der Waals surface area contributed by atoms with Crippen LogP contribution >= 0.6 is 11.6 Å². The Morgan fingerprint density at radius 2 is 1.81 bits per heavy atom. The largest absolute Gasteiger partial charge is 0.378 e. The third kappa shape index (κ3) is 6.39. The summed E-state index contributed by atoms with van der Waals surface area (Å²) in [6, 6.07) is 13.5. The summed E-state index contributed by atoms with van der Waals surface area (Å²) in [6.07, 6.45) is 1.40. The average molecular weight is 511 g/mol. The van der Waals surface area contributed by atoms with Gasteiger partial charge in [-0.25, -0.2) is 14.4 Å². The van der Waals surface area contributed by atoms with Gasteiger partial charge < -0.3 is 14.5 Å². The van der Waals surface area contributed by atoms with E-state index in [1.165, 1.54) is 24.3 Å². The number of amides is 1. The van der Waals surface area contributed by atoms with Crippen molar-refractivity contribution in [3.8, 4) is 0 Å². The number of halogens is 2. The number of carbonyl (C=O) groups is 1. The van der Waals surface area contributed by atoms with Crippen LogP contribution in [0, 0.1) is 11.7 Å². The van der Waals surface area contributed by atoms with Gasteiger partial charge in [0.15, 0.2) is 0 Å². The maximum Gasteiger partial charge on any atom is 0.253 e. The molecule has 8 heteroatoms. The molecule has 0 saturated carbocycles. The fraction of sp³-hybridized carbons (Fsp3) is 0.393. The van der Waals surface area contributed by atoms with Crippen molar-refractivity contribution in [3.63, 3.8) is 0 Å². The summed E-state index contributed by atoms with van der Waals surface area (Å²) in [5.74, 6) is 1.67. The van der Waals surface area contributed by atoms with Crippen LogP contribution in [0.1, 0.15) is 46.9 Å². The Morgan fingerprint density at radius 1 is 1.08 bits per heavy atom. The maximum absolute atomic E-state index is 13.3. The van der Waals surface area contributed by atoms with Gasteiger partial charge in [0.25, 0.3) is 5.91 Å². The molecule has 0 spiro atoms. The van der Waals surface area contributed by atoms with Crippen molar-refractivity contribution in [1.29, 1.82) is 0 Å². The highest BCUT2D eigenvalue weighted by Crippen LogP contribution is 2.28. The summed E-state index contributed by atoms with van der Waals surface area (Å²) in [5.41, 5.74) is 3.47. The van der Waals surface area contributed by atoms with E-state index in [1.54, 1.807) is 7.11 Å². The number of benzene rings is 2. The Kier molecular flexibility index (Phi) is 8.54. The van der Waals surface area contributed by atoms with Crippen molar-refractivity contribution in [2.45, 2.75) is 33.3 Å². The van der Waals surface area contributed by atoms with Crippen molar-refractivity contribution >= 4 is 23.3 Å². The van der Waals surface area contributed by atoms with Crippen molar-refractivity contribution in [3.05, 3.63) is 87.6 Å². The molecule has 4 rings (SSSR count). The van der Waals surface area contributed by atoms with Crippen LogP contribution in [-0.2, 0) is 24.2 Å². The van der Waals surface area contributed by atoms with Gasteiger partial charge in [-0.1, -0.05) is 37.6 Å². The lowest BCUT2D eigenvalue weighted by Crippen LogP contribution is -2.49. The summed E-state index contributed by atoms with van der Waals surface area (Å²) in [7, 11) is 1.67. The zero-order chi connectivity index (χ0) is 25.7. The zero-order valence-electron chi connectivity index (χ0n) is 21.0. The fourth-order valence-electron chi connectivity index (χ4n) is 4.47. The van der Waals surface area contributed by atoms with E-state index in [-0.39, 0.29) is 11.7 Å². The van der Waals surface area contributed by atoms with Gasteiger partial charge in [0.2, 0.25) is 0 Å². The first-order valence-corrected chi connectivity index (χ1v) is 12.6. The second kappa shape index (κ2) is 11.8. The number of nitrogens with zero attached hydrogens (tertiary/aromatic N) is 4. The number of piperazine rings is 1. The molecule has 1 aromatic heterocycles. The normalized spacial score (nSPS) is 13.9. The average Bonchev–Trinajstić information content (AvgIpc) is 2.85. The van der Waals surface area contributed by atoms with Gasteiger partial charge in [0.1, 0.15) is 17.5 Å². The Bertz CT molecular complexity index is 1190. The van der Waals surface area contributed by atoms with Gasteiger partial charge in [-0.2, -0.15) is 0 Å². The van der Waals surface area contributed by atoms with Gasteiger partial charge in [-0.3, -0.25) is 4.79 Å². The van der Waals surface area contributed by atoms with Gasteiger partial charge >= 0.3 is 0 Å². The molecule has 0 aliphatic carbocycles. The van der Waals surface area contributed by atoms with Crippen LogP contribution < -0.4 is 4.90 Å². The molecule has 1 aliphatic rings. The molecule has 0 bridgehead atoms. The molecule has 2 aromatic carbocycles. The molecule has 1 amide bonds. The summed E-state index contributed by atoms with van der Waals surface area (Å²) in [4.78, 5) is 26.9. The molecule has 3 aromatic rings. The van der Waals surface area contributed by atoms with Crippen molar-refractivity contribution in [1.82, 2.24) is 14.9 Å². The van der Waals surface area contributed by atoms with Crippen LogP contribution in [-0.4, -0.2) is 54.1 Å². The highest BCUT2D eigenvalue weighted by Gasteiger charge is 2.26. The van der Waals surface area contributed by atoms with Crippen LogP contribution in [0.3, 0.4) is 0 Å². The van der Waals surface area contributed by atoms with Gasteiger partial charge in [-0.15, -0.1) is 0 Å². The Labute approximate surface area is 217 Å². The Morgan fingerprint density at radius 3 is 2.44 bits per heavy atom. The third-order valence-corrected chi connectivity index (χ3v) is 6.45. The lowest BCUT2D eigenvalue weighted by molar-refractivity contribution is 0.0746. The minimum Gasteiger partial charge on any atom is -0.378 e. The first-order valence-electron chi connectivity index (χ1n) is 12.3. The smallest absolute Gasteiger partial charge is 0.253 e. The number of hydrogen-bond acceptors (Lipinski definition) is 5. The molecule has 1 saturated heterocycles. The molecular formula is C28H32ClFN4O2. The Balaban J connectivity index is 1.62. The summed E-state index contributed by atoms with van der Waals surface area (Å²) in [6.45, 7) is 7.07. The predicted octanol–water partition coefficient (Wildman–Crippen LogP) is 5.17. The molecule has 0 radical (unpaired) electrons. The van der Waals surface area contributed by atoms with E-state index >= 15 is 0 Å². The minimum atomic E-state index is -0.351. The number of rotatable bonds is 8. The van der Waals surface area contributed by atoms with Crippen LogP contribution in [0.25, 0.3) is 0 Å². The molecule has 1 fully saturated rings. The molecule has 36 heavy (non-hydrogen) atoms. The van der Waals surface area contributed by atoms with Crippen molar-refractivity contribution < 1.29 is 13.9 Å². The topological polar surface area (TPSA) is 58.6 Å². The van der Waals surface area contributed by atoms with E-state index in [1.807, 2.05) is 29.2 Å². The second-order valence-corrected chi connectivity index (χ2v) is 9.95. The van der Waals surface area contributed by atoms with Crippen LogP contribution in [0.15, 0.2) is 48.5 Å². The second-order valence-electron chi connectivity index (χ2n) is 9.51. The zero-order valence-corrected chi connectivity index (χ0v) is 21.8. The lowest BCUT2D eigenvalue weighted by atomic mass is 10.0. The van der Waals surface area contributed by atoms with Gasteiger partial charge in [0.05, 0.1) is 12.3 Å². The van der Waals surface area contributed by atoms with E-state index in [0.717, 1.165) is 34.9 Å². The molecule has 0 atom stereocenters. The standard InChI is InChI=1S/C28H32ClFN4O2/c1-19(2)15-26-31-25(18-36-3)24(17-20-5-4-6-22(29)16-20)27(32-26)33-11-13-34(14-12-33)28(35)21-7-9-23(30)10-8-21/h4-10,16,19H,11-15,17-18H2,1-3H3. The molecule has 0 N–H and O–H groups in total. The van der Waals surface area contributed by atoms with Crippen molar-refractivity contribution in [2.24, 2.45) is 5.92 Å². The quantitative estimate of drug-likeness (QED) is 0.418. The van der Waals surface area contributed by atoms with Crippen LogP contribution in [0.4, 0.5) is 10.2 Å². The summed E-state index contributed by atoms with van der Waals surface area (Å²) >= 11 is 6.26. The monoisotopic (exact) mass is 510 g/mol. The maximum atomic E-state index is 13.3. The molecule has 190 valence electrons. The molecule has 2 heterocycles. The lowest BCUT2D eigenvalue weighted by Gasteiger charge is -2.36. The van der Waals surface area contributed by atoms with Crippen LogP contribution in [0.5, 0.6) is 0 Å². The highest BCUT2D eigenvalue weighted by molar-refractivity contribution is 6.30. The molecular weight excluding hydrogens is 479 g/mol. The number of carbonyl (C=O) groups excluding carboxylic acids is 1. The van der Waals surface area contributed by atoms with E-state index < -0.39 is 0 Å². The molecule has 0 unspecified atom stereocenters. The molecule has 1 aliphatic heterocycles. The van der Waals surface area contributed by atoms with E-state index in [4.69, 9.17) is 26.3 Å². The number of anilines is 1. The first-order chi connectivity index (χ1) is 17.3. The SMILES string of the molecule is COCc1nc(CC(C)C)nc(N2CCN(C(=O)c3ccc(F)cc3)CC2)c1Cc1cccc(Cl)c1. The third-order valence-electron chi connectivity index (χ3n) is 6.22. The minimum absolute atomic E-state index is 0.0861. The Hall–Kier alpha value is -3.03. The highest BCUT2D eigenvalue weighted by atomic mass is 35.5. The molecule has 6 nitrogen and oxygen atoms in total.